The average molecular weight is 299 g/mol. The number of benzene rings is 1. The molecule has 0 amide bonds. The first-order chi connectivity index (χ1) is 10.2. The molecular weight excluding hydrogens is 286 g/mol. The van der Waals surface area contributed by atoms with E-state index in [1.165, 1.54) is 0 Å². The van der Waals surface area contributed by atoms with Crippen LogP contribution < -0.4 is 0 Å². The highest BCUT2D eigenvalue weighted by atomic mass is 32.2. The maximum absolute atomic E-state index is 12.6. The third-order valence-corrected chi connectivity index (χ3v) is 4.74. The fourth-order valence-corrected chi connectivity index (χ4v) is 3.60. The minimum Gasteiger partial charge on any atom is -0.345 e. The maximum atomic E-state index is 12.6. The van der Waals surface area contributed by atoms with E-state index in [-0.39, 0.29) is 10.6 Å². The molecule has 0 unspecified atom stereocenters. The van der Waals surface area contributed by atoms with Crippen molar-refractivity contribution in [1.29, 1.82) is 0 Å². The number of nitrogens with one attached hydrogen (secondary N) is 1. The molecule has 0 saturated heterocycles. The number of nitrogens with zero attached hydrogens (tertiary/aromatic N) is 2. The van der Waals surface area contributed by atoms with E-state index in [0.29, 0.717) is 17.1 Å². The van der Waals surface area contributed by atoms with Gasteiger partial charge in [0, 0.05) is 24.2 Å². The maximum Gasteiger partial charge on any atom is 0.184 e. The number of imidazole rings is 1. The molecule has 0 aliphatic rings. The summed E-state index contributed by atoms with van der Waals surface area (Å²) in [5.41, 5.74) is 1.09. The van der Waals surface area contributed by atoms with Gasteiger partial charge in [-0.05, 0) is 24.3 Å². The van der Waals surface area contributed by atoms with E-state index in [0.717, 1.165) is 0 Å². The molecule has 1 N–H and O–H groups in total. The van der Waals surface area contributed by atoms with Crippen LogP contribution in [0.3, 0.4) is 0 Å². The summed E-state index contributed by atoms with van der Waals surface area (Å²) < 4.78 is 25.3. The van der Waals surface area contributed by atoms with Gasteiger partial charge in [-0.1, -0.05) is 18.2 Å². The van der Waals surface area contributed by atoms with Gasteiger partial charge in [0.1, 0.15) is 5.82 Å². The van der Waals surface area contributed by atoms with Crippen molar-refractivity contribution in [3.05, 3.63) is 66.7 Å². The number of sulfone groups is 1. The van der Waals surface area contributed by atoms with Crippen LogP contribution in [0.4, 0.5) is 0 Å². The molecule has 2 aromatic heterocycles. The zero-order valence-electron chi connectivity index (χ0n) is 11.1. The van der Waals surface area contributed by atoms with Gasteiger partial charge < -0.3 is 4.98 Å². The monoisotopic (exact) mass is 299 g/mol. The Kier molecular flexibility index (Phi) is 3.53. The van der Waals surface area contributed by atoms with Crippen LogP contribution in [0.15, 0.2) is 66.0 Å². The normalized spacial score (nSPS) is 11.4. The molecular formula is C15H13N3O2S. The van der Waals surface area contributed by atoms with Gasteiger partial charge in [0.2, 0.25) is 0 Å². The molecule has 6 heteroatoms. The Morgan fingerprint density at radius 1 is 0.952 bits per heavy atom. The lowest BCUT2D eigenvalue weighted by Gasteiger charge is -2.08. The first-order valence-corrected chi connectivity index (χ1v) is 8.03. The second kappa shape index (κ2) is 5.49. The summed E-state index contributed by atoms with van der Waals surface area (Å²) in [6, 6.07) is 12.1. The highest BCUT2D eigenvalue weighted by Crippen LogP contribution is 2.26. The standard InChI is InChI=1S/C15H13N3O2S/c19-21(20,11-12-5-3-4-8-16-12)14-7-2-1-6-13(14)15-17-9-10-18-15/h1-10H,11H2,(H,17,18). The van der Waals surface area contributed by atoms with Crippen molar-refractivity contribution >= 4 is 9.84 Å². The van der Waals surface area contributed by atoms with E-state index in [1.807, 2.05) is 0 Å². The predicted octanol–water partition coefficient (Wildman–Crippen LogP) is 2.45. The second-order valence-electron chi connectivity index (χ2n) is 4.51. The van der Waals surface area contributed by atoms with Crippen LogP contribution in [-0.2, 0) is 15.6 Å². The van der Waals surface area contributed by atoms with Crippen LogP contribution in [0.2, 0.25) is 0 Å². The van der Waals surface area contributed by atoms with E-state index < -0.39 is 9.84 Å². The number of H-pyrrole nitrogens is 1. The molecule has 0 aliphatic carbocycles. The lowest BCUT2D eigenvalue weighted by atomic mass is 10.2. The Morgan fingerprint density at radius 2 is 1.76 bits per heavy atom. The van der Waals surface area contributed by atoms with Gasteiger partial charge in [-0.15, -0.1) is 0 Å². The second-order valence-corrected chi connectivity index (χ2v) is 6.47. The molecule has 0 fully saturated rings. The molecule has 3 aromatic rings. The van der Waals surface area contributed by atoms with Crippen LogP contribution in [0.25, 0.3) is 11.4 Å². The van der Waals surface area contributed by atoms with Gasteiger partial charge in [-0.25, -0.2) is 13.4 Å². The quantitative estimate of drug-likeness (QED) is 0.803. The SMILES string of the molecule is O=S(=O)(Cc1ccccn1)c1ccccc1-c1ncc[nH]1. The molecule has 5 nitrogen and oxygen atoms in total. The highest BCUT2D eigenvalue weighted by molar-refractivity contribution is 7.90. The van der Waals surface area contributed by atoms with Crippen molar-refractivity contribution in [3.63, 3.8) is 0 Å². The predicted molar refractivity (Wildman–Crippen MR) is 79.2 cm³/mol. The summed E-state index contributed by atoms with van der Waals surface area (Å²) in [7, 11) is -3.49. The third kappa shape index (κ3) is 2.85. The van der Waals surface area contributed by atoms with E-state index >= 15 is 0 Å². The van der Waals surface area contributed by atoms with E-state index in [4.69, 9.17) is 0 Å². The zero-order chi connectivity index (χ0) is 14.7. The largest absolute Gasteiger partial charge is 0.345 e. The molecule has 0 saturated carbocycles. The fourth-order valence-electron chi connectivity index (χ4n) is 2.10. The summed E-state index contributed by atoms with van der Waals surface area (Å²) in [6.07, 6.45) is 4.85. The number of aromatic nitrogens is 3. The Balaban J connectivity index is 2.04. The van der Waals surface area contributed by atoms with Gasteiger partial charge in [-0.3, -0.25) is 4.98 Å². The average Bonchev–Trinajstić information content (AvgIpc) is 3.02. The fraction of sp³-hybridized carbons (Fsp3) is 0.0667. The van der Waals surface area contributed by atoms with Crippen molar-refractivity contribution in [2.24, 2.45) is 0 Å². The van der Waals surface area contributed by atoms with E-state index in [9.17, 15) is 8.42 Å². The number of hydrogen-bond donors (Lipinski definition) is 1. The minimum absolute atomic E-state index is 0.133. The Morgan fingerprint density at radius 3 is 2.48 bits per heavy atom. The molecule has 3 rings (SSSR count). The molecule has 21 heavy (non-hydrogen) atoms. The third-order valence-electron chi connectivity index (χ3n) is 3.04. The number of rotatable bonds is 4. The molecule has 0 aliphatic heterocycles. The van der Waals surface area contributed by atoms with Crippen molar-refractivity contribution in [3.8, 4) is 11.4 Å². The van der Waals surface area contributed by atoms with Gasteiger partial charge in [0.05, 0.1) is 16.3 Å². The van der Waals surface area contributed by atoms with E-state index in [2.05, 4.69) is 15.0 Å². The van der Waals surface area contributed by atoms with Crippen LogP contribution >= 0.6 is 0 Å². The van der Waals surface area contributed by atoms with Crippen LogP contribution in [0.1, 0.15) is 5.69 Å². The minimum atomic E-state index is -3.49. The van der Waals surface area contributed by atoms with Crippen LogP contribution in [0.5, 0.6) is 0 Å². The molecule has 1 aromatic carbocycles. The lowest BCUT2D eigenvalue weighted by Crippen LogP contribution is -2.08. The molecule has 106 valence electrons. The Bertz CT molecular complexity index is 828. The number of hydrogen-bond acceptors (Lipinski definition) is 4. The van der Waals surface area contributed by atoms with Crippen LogP contribution in [-0.4, -0.2) is 23.4 Å². The summed E-state index contributed by atoms with van der Waals surface area (Å²) in [5.74, 6) is 0.404. The van der Waals surface area contributed by atoms with Gasteiger partial charge in [-0.2, -0.15) is 0 Å². The summed E-state index contributed by atoms with van der Waals surface area (Å²) in [5, 5.41) is 0. The Hall–Kier alpha value is -2.47. The van der Waals surface area contributed by atoms with E-state index in [1.54, 1.807) is 61.1 Å². The topological polar surface area (TPSA) is 75.7 Å². The lowest BCUT2D eigenvalue weighted by molar-refractivity contribution is 0.595. The molecule has 0 radical (unpaired) electrons. The molecule has 0 atom stereocenters. The van der Waals surface area contributed by atoms with Crippen LogP contribution in [0, 0.1) is 0 Å². The summed E-state index contributed by atoms with van der Waals surface area (Å²) >= 11 is 0. The van der Waals surface area contributed by atoms with Crippen molar-refractivity contribution in [2.75, 3.05) is 0 Å². The summed E-state index contributed by atoms with van der Waals surface area (Å²) in [4.78, 5) is 11.4. The van der Waals surface area contributed by atoms with Crippen molar-refractivity contribution < 1.29 is 8.42 Å². The zero-order valence-corrected chi connectivity index (χ0v) is 11.9. The number of aromatic amines is 1. The molecule has 2 heterocycles. The molecule has 0 spiro atoms. The van der Waals surface area contributed by atoms with Gasteiger partial charge >= 0.3 is 0 Å². The Labute approximate surface area is 122 Å². The highest BCUT2D eigenvalue weighted by Gasteiger charge is 2.21. The first-order valence-electron chi connectivity index (χ1n) is 6.38. The smallest absolute Gasteiger partial charge is 0.184 e. The first kappa shape index (κ1) is 13.5. The van der Waals surface area contributed by atoms with Crippen molar-refractivity contribution in [2.45, 2.75) is 10.6 Å². The molecule has 0 bridgehead atoms. The number of pyridine rings is 1. The van der Waals surface area contributed by atoms with Gasteiger partial charge in [0.25, 0.3) is 0 Å². The summed E-state index contributed by atoms with van der Waals surface area (Å²) in [6.45, 7) is 0. The van der Waals surface area contributed by atoms with Crippen molar-refractivity contribution in [1.82, 2.24) is 15.0 Å². The van der Waals surface area contributed by atoms with Gasteiger partial charge in [0.15, 0.2) is 9.84 Å².